The molecule has 9 heavy (non-hydrogen) atoms. The molecule has 54 valence electrons. The van der Waals surface area contributed by atoms with Crippen molar-refractivity contribution < 1.29 is 4.39 Å². The largest absolute Gasteiger partial charge is 0.225 e. The fraction of sp³-hybridized carbons (Fsp3) is 1.00. The van der Waals surface area contributed by atoms with Crippen molar-refractivity contribution in [2.45, 2.75) is 19.0 Å². The Morgan fingerprint density at radius 2 is 2.11 bits per heavy atom. The van der Waals surface area contributed by atoms with Crippen LogP contribution in [0.15, 0.2) is 0 Å². The van der Waals surface area contributed by atoms with Gasteiger partial charge in [-0.2, -0.15) is 0 Å². The summed E-state index contributed by atoms with van der Waals surface area (Å²) in [5.41, 5.74) is -0.339. The molecule has 0 bridgehead atoms. The highest BCUT2D eigenvalue weighted by Crippen LogP contribution is 2.67. The van der Waals surface area contributed by atoms with E-state index in [1.165, 1.54) is 0 Å². The van der Waals surface area contributed by atoms with Crippen LogP contribution in [0.5, 0.6) is 0 Å². The lowest BCUT2D eigenvalue weighted by Gasteiger charge is -2.03. The lowest BCUT2D eigenvalue weighted by Crippen LogP contribution is -2.05. The Bertz CT molecular complexity index is 137. The molecule has 1 aliphatic rings. The van der Waals surface area contributed by atoms with Gasteiger partial charge < -0.3 is 0 Å². The quantitative estimate of drug-likeness (QED) is 0.590. The molecule has 1 fully saturated rings. The van der Waals surface area contributed by atoms with E-state index in [0.717, 1.165) is 0 Å². The minimum Gasteiger partial charge on any atom is -0.225 e. The van der Waals surface area contributed by atoms with Crippen LogP contribution in [-0.2, 0) is 0 Å². The van der Waals surface area contributed by atoms with Crippen molar-refractivity contribution in [1.82, 2.24) is 0 Å². The zero-order valence-corrected chi connectivity index (χ0v) is 7.76. The van der Waals surface area contributed by atoms with E-state index in [1.807, 2.05) is 13.8 Å². The zero-order valence-electron chi connectivity index (χ0n) is 5.42. The molecule has 0 nitrogen and oxygen atoms in total. The molecule has 3 unspecified atom stereocenters. The highest BCUT2D eigenvalue weighted by atomic mass is 79.9. The molecule has 0 saturated heterocycles. The van der Waals surface area contributed by atoms with E-state index in [4.69, 9.17) is 11.6 Å². The van der Waals surface area contributed by atoms with Gasteiger partial charge in [0, 0.05) is 16.7 Å². The molecule has 0 aromatic carbocycles. The van der Waals surface area contributed by atoms with Crippen molar-refractivity contribution in [2.24, 2.45) is 11.3 Å². The molecule has 0 aromatic rings. The van der Waals surface area contributed by atoms with Crippen LogP contribution >= 0.6 is 27.5 Å². The van der Waals surface area contributed by atoms with Crippen molar-refractivity contribution in [3.63, 3.8) is 0 Å². The molecule has 3 atom stereocenters. The summed E-state index contributed by atoms with van der Waals surface area (Å²) in [7, 11) is 0. The highest BCUT2D eigenvalue weighted by Gasteiger charge is 2.72. The topological polar surface area (TPSA) is 0 Å². The van der Waals surface area contributed by atoms with Gasteiger partial charge in [0.25, 0.3) is 0 Å². The van der Waals surface area contributed by atoms with Crippen LogP contribution in [0.1, 0.15) is 13.8 Å². The lowest BCUT2D eigenvalue weighted by atomic mass is 10.1. The summed E-state index contributed by atoms with van der Waals surface area (Å²) in [5.74, 6) is -0.0222. The van der Waals surface area contributed by atoms with Crippen LogP contribution < -0.4 is 0 Å². The third-order valence-corrected chi connectivity index (χ3v) is 4.38. The number of rotatable bonds is 1. The van der Waals surface area contributed by atoms with Crippen molar-refractivity contribution in [2.75, 3.05) is 5.33 Å². The molecular formula is C6H9BrClF. The first-order valence-electron chi connectivity index (χ1n) is 2.90. The van der Waals surface area contributed by atoms with Gasteiger partial charge >= 0.3 is 0 Å². The molecule has 0 radical (unpaired) electrons. The average Bonchev–Trinajstić information content (AvgIpc) is 2.16. The van der Waals surface area contributed by atoms with Gasteiger partial charge in [-0.15, -0.1) is 0 Å². The van der Waals surface area contributed by atoms with Crippen LogP contribution in [0.25, 0.3) is 0 Å². The summed E-state index contributed by atoms with van der Waals surface area (Å²) in [6, 6.07) is 0. The van der Waals surface area contributed by atoms with Crippen molar-refractivity contribution in [3.05, 3.63) is 0 Å². The molecule has 0 heterocycles. The first-order valence-corrected chi connectivity index (χ1v) is 4.40. The Hall–Kier alpha value is 0.700. The Labute approximate surface area is 67.9 Å². The third kappa shape index (κ3) is 0.758. The first-order chi connectivity index (χ1) is 3.97. The third-order valence-electron chi connectivity index (χ3n) is 2.46. The molecule has 1 saturated carbocycles. The highest BCUT2D eigenvalue weighted by molar-refractivity contribution is 9.09. The predicted octanol–water partition coefficient (Wildman–Crippen LogP) is 2.94. The van der Waals surface area contributed by atoms with Crippen molar-refractivity contribution in [1.29, 1.82) is 0 Å². The summed E-state index contributed by atoms with van der Waals surface area (Å²) in [6.45, 7) is 3.67. The fourth-order valence-electron chi connectivity index (χ4n) is 1.01. The minimum atomic E-state index is -1.46. The molecule has 0 aliphatic heterocycles. The van der Waals surface area contributed by atoms with E-state index in [1.54, 1.807) is 0 Å². The van der Waals surface area contributed by atoms with E-state index in [0.29, 0.717) is 5.33 Å². The Kier molecular flexibility index (Phi) is 1.60. The fourth-order valence-corrected chi connectivity index (χ4v) is 2.48. The molecular weight excluding hydrogens is 206 g/mol. The second kappa shape index (κ2) is 1.85. The van der Waals surface area contributed by atoms with E-state index >= 15 is 0 Å². The van der Waals surface area contributed by atoms with E-state index in [-0.39, 0.29) is 11.3 Å². The van der Waals surface area contributed by atoms with E-state index in [2.05, 4.69) is 15.9 Å². The molecule has 0 N–H and O–H groups in total. The molecule has 0 aromatic heterocycles. The summed E-state index contributed by atoms with van der Waals surface area (Å²) >= 11 is 8.73. The van der Waals surface area contributed by atoms with Crippen LogP contribution in [0, 0.1) is 11.3 Å². The summed E-state index contributed by atoms with van der Waals surface area (Å²) in [4.78, 5) is 0. The van der Waals surface area contributed by atoms with E-state index < -0.39 is 5.13 Å². The van der Waals surface area contributed by atoms with Crippen LogP contribution in [-0.4, -0.2) is 10.5 Å². The molecule has 1 rings (SSSR count). The predicted molar refractivity (Wildman–Crippen MR) is 40.8 cm³/mol. The van der Waals surface area contributed by atoms with Gasteiger partial charge in [0.2, 0.25) is 0 Å². The zero-order chi connectivity index (χ0) is 7.28. The number of halogens is 3. The Morgan fingerprint density at radius 3 is 2.11 bits per heavy atom. The second-order valence-electron chi connectivity index (χ2n) is 2.90. The maximum Gasteiger partial charge on any atom is 0.193 e. The second-order valence-corrected chi connectivity index (χ2v) is 4.01. The normalized spacial score (nSPS) is 57.7. The van der Waals surface area contributed by atoms with Gasteiger partial charge in [0.05, 0.1) is 0 Å². The maximum absolute atomic E-state index is 13.0. The lowest BCUT2D eigenvalue weighted by molar-refractivity contribution is 0.352. The van der Waals surface area contributed by atoms with Crippen LogP contribution in [0.4, 0.5) is 4.39 Å². The summed E-state index contributed by atoms with van der Waals surface area (Å²) in [6.07, 6.45) is 0. The van der Waals surface area contributed by atoms with Crippen LogP contribution in [0.3, 0.4) is 0 Å². The van der Waals surface area contributed by atoms with Gasteiger partial charge in [-0.05, 0) is 0 Å². The van der Waals surface area contributed by atoms with Crippen molar-refractivity contribution in [3.8, 4) is 0 Å². The molecule has 3 heteroatoms. The van der Waals surface area contributed by atoms with Gasteiger partial charge in [-0.3, -0.25) is 0 Å². The van der Waals surface area contributed by atoms with Gasteiger partial charge in [-0.1, -0.05) is 41.4 Å². The van der Waals surface area contributed by atoms with E-state index in [9.17, 15) is 4.39 Å². The summed E-state index contributed by atoms with van der Waals surface area (Å²) < 4.78 is 13.0. The van der Waals surface area contributed by atoms with Crippen molar-refractivity contribution >= 4 is 27.5 Å². The van der Waals surface area contributed by atoms with Gasteiger partial charge in [-0.25, -0.2) is 4.39 Å². The molecule has 0 amide bonds. The average molecular weight is 215 g/mol. The van der Waals surface area contributed by atoms with Gasteiger partial charge in [0.15, 0.2) is 5.13 Å². The molecule has 1 aliphatic carbocycles. The number of hydrogen-bond donors (Lipinski definition) is 0. The summed E-state index contributed by atoms with van der Waals surface area (Å²) in [5, 5.41) is -0.822. The smallest absolute Gasteiger partial charge is 0.193 e. The Morgan fingerprint density at radius 1 is 1.78 bits per heavy atom. The minimum absolute atomic E-state index is 0.0222. The molecule has 0 spiro atoms. The van der Waals surface area contributed by atoms with Gasteiger partial charge in [0.1, 0.15) is 0 Å². The SMILES string of the molecule is CC1C(F)(Cl)C1(C)CBr. The first kappa shape index (κ1) is 7.80. The number of hydrogen-bond acceptors (Lipinski definition) is 0. The van der Waals surface area contributed by atoms with Crippen LogP contribution in [0.2, 0.25) is 0 Å². The standard InChI is InChI=1S/C6H9BrClF/c1-4-5(2,3-7)6(4,8)9/h4H,3H2,1-2H3. The maximum atomic E-state index is 13.0. The number of alkyl halides is 3. The monoisotopic (exact) mass is 214 g/mol. The Balaban J connectivity index is 2.70.